The van der Waals surface area contributed by atoms with Crippen LogP contribution in [0.3, 0.4) is 0 Å². The standard InChI is InChI=1S/C16H17ClN2O3S/c1-10-6-11(2)8-13(7-10)18-16(20)14-9-12(17)4-5-15(14)19-23(3,21)22/h4-9,19H,1-3H3,(H,18,20). The first kappa shape index (κ1) is 17.3. The summed E-state index contributed by atoms with van der Waals surface area (Å²) in [6.45, 7) is 3.86. The van der Waals surface area contributed by atoms with Crippen molar-refractivity contribution in [1.29, 1.82) is 0 Å². The zero-order valence-electron chi connectivity index (χ0n) is 13.0. The summed E-state index contributed by atoms with van der Waals surface area (Å²) in [5, 5.41) is 3.10. The van der Waals surface area contributed by atoms with Crippen molar-refractivity contribution in [2.24, 2.45) is 0 Å². The largest absolute Gasteiger partial charge is 0.322 e. The number of benzene rings is 2. The van der Waals surface area contributed by atoms with Gasteiger partial charge in [-0.25, -0.2) is 8.42 Å². The van der Waals surface area contributed by atoms with Gasteiger partial charge in [0.2, 0.25) is 10.0 Å². The number of hydrogen-bond donors (Lipinski definition) is 2. The summed E-state index contributed by atoms with van der Waals surface area (Å²) in [5.74, 6) is -0.441. The van der Waals surface area contributed by atoms with Crippen molar-refractivity contribution in [1.82, 2.24) is 0 Å². The van der Waals surface area contributed by atoms with Crippen LogP contribution in [0.5, 0.6) is 0 Å². The number of halogens is 1. The van der Waals surface area contributed by atoms with Crippen molar-refractivity contribution >= 4 is 38.9 Å². The van der Waals surface area contributed by atoms with Crippen molar-refractivity contribution in [3.63, 3.8) is 0 Å². The molecular formula is C16H17ClN2O3S. The van der Waals surface area contributed by atoms with Gasteiger partial charge in [0.15, 0.2) is 0 Å². The van der Waals surface area contributed by atoms with Gasteiger partial charge in [-0.2, -0.15) is 0 Å². The molecule has 0 aromatic heterocycles. The molecule has 2 aromatic carbocycles. The number of nitrogens with one attached hydrogen (secondary N) is 2. The van der Waals surface area contributed by atoms with Gasteiger partial charge in [-0.1, -0.05) is 17.7 Å². The van der Waals surface area contributed by atoms with Gasteiger partial charge in [-0.3, -0.25) is 9.52 Å². The molecule has 0 unspecified atom stereocenters. The molecule has 0 radical (unpaired) electrons. The van der Waals surface area contributed by atoms with E-state index in [0.717, 1.165) is 17.4 Å². The molecule has 5 nitrogen and oxygen atoms in total. The summed E-state index contributed by atoms with van der Waals surface area (Å²) < 4.78 is 25.2. The Morgan fingerprint density at radius 1 is 1.04 bits per heavy atom. The Morgan fingerprint density at radius 2 is 1.65 bits per heavy atom. The molecule has 0 heterocycles. The molecule has 0 aliphatic heterocycles. The van der Waals surface area contributed by atoms with Crippen LogP contribution in [-0.4, -0.2) is 20.6 Å². The fourth-order valence-electron chi connectivity index (χ4n) is 2.24. The van der Waals surface area contributed by atoms with Crippen LogP contribution in [-0.2, 0) is 10.0 Å². The second kappa shape index (κ2) is 6.60. The van der Waals surface area contributed by atoms with E-state index < -0.39 is 15.9 Å². The normalized spacial score (nSPS) is 11.1. The highest BCUT2D eigenvalue weighted by Crippen LogP contribution is 2.23. The van der Waals surface area contributed by atoms with Crippen LogP contribution in [0.25, 0.3) is 0 Å². The van der Waals surface area contributed by atoms with Crippen LogP contribution in [0.4, 0.5) is 11.4 Å². The van der Waals surface area contributed by atoms with Crippen molar-refractivity contribution in [3.05, 3.63) is 58.1 Å². The molecule has 2 N–H and O–H groups in total. The van der Waals surface area contributed by atoms with Gasteiger partial charge in [0, 0.05) is 10.7 Å². The Kier molecular flexibility index (Phi) is 4.97. The molecule has 2 rings (SSSR count). The minimum Gasteiger partial charge on any atom is -0.322 e. The fraction of sp³-hybridized carbons (Fsp3) is 0.188. The van der Waals surface area contributed by atoms with Gasteiger partial charge >= 0.3 is 0 Å². The third kappa shape index (κ3) is 4.97. The van der Waals surface area contributed by atoms with E-state index in [4.69, 9.17) is 11.6 Å². The second-order valence-corrected chi connectivity index (χ2v) is 7.58. The monoisotopic (exact) mass is 352 g/mol. The Hall–Kier alpha value is -2.05. The molecule has 7 heteroatoms. The molecule has 0 spiro atoms. The highest BCUT2D eigenvalue weighted by Gasteiger charge is 2.15. The molecule has 1 amide bonds. The third-order valence-electron chi connectivity index (χ3n) is 3.00. The summed E-state index contributed by atoms with van der Waals surface area (Å²) >= 11 is 5.93. The minimum atomic E-state index is -3.51. The molecule has 0 aliphatic rings. The lowest BCUT2D eigenvalue weighted by Crippen LogP contribution is -2.17. The predicted molar refractivity (Wildman–Crippen MR) is 93.8 cm³/mol. The van der Waals surface area contributed by atoms with Gasteiger partial charge in [0.05, 0.1) is 17.5 Å². The highest BCUT2D eigenvalue weighted by molar-refractivity contribution is 7.92. The summed E-state index contributed by atoms with van der Waals surface area (Å²) in [6.07, 6.45) is 1.02. The number of hydrogen-bond acceptors (Lipinski definition) is 3. The van der Waals surface area contributed by atoms with Gasteiger partial charge in [0.25, 0.3) is 5.91 Å². The number of anilines is 2. The molecule has 0 aliphatic carbocycles. The smallest absolute Gasteiger partial charge is 0.257 e. The van der Waals surface area contributed by atoms with Crippen molar-refractivity contribution in [3.8, 4) is 0 Å². The predicted octanol–water partition coefficient (Wildman–Crippen LogP) is 3.58. The first-order valence-electron chi connectivity index (χ1n) is 6.81. The van der Waals surface area contributed by atoms with E-state index in [1.165, 1.54) is 18.2 Å². The maximum atomic E-state index is 12.5. The van der Waals surface area contributed by atoms with Crippen LogP contribution >= 0.6 is 11.6 Å². The van der Waals surface area contributed by atoms with E-state index in [-0.39, 0.29) is 11.3 Å². The maximum absolute atomic E-state index is 12.5. The van der Waals surface area contributed by atoms with Crippen molar-refractivity contribution in [2.45, 2.75) is 13.8 Å². The quantitative estimate of drug-likeness (QED) is 0.883. The van der Waals surface area contributed by atoms with Crippen LogP contribution in [0.1, 0.15) is 21.5 Å². The zero-order chi connectivity index (χ0) is 17.2. The molecule has 0 saturated heterocycles. The fourth-order valence-corrected chi connectivity index (χ4v) is 2.99. The topological polar surface area (TPSA) is 75.3 Å². The Balaban J connectivity index is 2.36. The molecule has 0 fully saturated rings. The number of carbonyl (C=O) groups excluding carboxylic acids is 1. The van der Waals surface area contributed by atoms with Gasteiger partial charge in [-0.05, 0) is 55.3 Å². The maximum Gasteiger partial charge on any atom is 0.257 e. The van der Waals surface area contributed by atoms with Gasteiger partial charge < -0.3 is 5.32 Å². The molecule has 23 heavy (non-hydrogen) atoms. The third-order valence-corrected chi connectivity index (χ3v) is 3.83. The molecule has 0 bridgehead atoms. The second-order valence-electron chi connectivity index (χ2n) is 5.39. The number of aryl methyl sites for hydroxylation is 2. The summed E-state index contributed by atoms with van der Waals surface area (Å²) in [6, 6.07) is 10.1. The molecule has 122 valence electrons. The van der Waals surface area contributed by atoms with Gasteiger partial charge in [0.1, 0.15) is 0 Å². The summed E-state index contributed by atoms with van der Waals surface area (Å²) in [7, 11) is -3.51. The number of carbonyl (C=O) groups is 1. The summed E-state index contributed by atoms with van der Waals surface area (Å²) in [4.78, 5) is 12.5. The lowest BCUT2D eigenvalue weighted by atomic mass is 10.1. The van der Waals surface area contributed by atoms with Crippen LogP contribution < -0.4 is 10.0 Å². The van der Waals surface area contributed by atoms with E-state index in [9.17, 15) is 13.2 Å². The average molecular weight is 353 g/mol. The lowest BCUT2D eigenvalue weighted by molar-refractivity contribution is 0.102. The van der Waals surface area contributed by atoms with Crippen molar-refractivity contribution < 1.29 is 13.2 Å². The van der Waals surface area contributed by atoms with Crippen molar-refractivity contribution in [2.75, 3.05) is 16.3 Å². The first-order chi connectivity index (χ1) is 10.6. The Labute approximate surface area is 140 Å². The number of sulfonamides is 1. The van der Waals surface area contributed by atoms with E-state index in [2.05, 4.69) is 10.0 Å². The van der Waals surface area contributed by atoms with E-state index in [1.807, 2.05) is 32.0 Å². The van der Waals surface area contributed by atoms with Gasteiger partial charge in [-0.15, -0.1) is 0 Å². The van der Waals surface area contributed by atoms with Crippen LogP contribution in [0.15, 0.2) is 36.4 Å². The zero-order valence-corrected chi connectivity index (χ0v) is 14.5. The average Bonchev–Trinajstić information content (AvgIpc) is 2.38. The summed E-state index contributed by atoms with van der Waals surface area (Å²) in [5.41, 5.74) is 3.00. The van der Waals surface area contributed by atoms with E-state index >= 15 is 0 Å². The molecule has 0 atom stereocenters. The lowest BCUT2D eigenvalue weighted by Gasteiger charge is -2.12. The highest BCUT2D eigenvalue weighted by atomic mass is 35.5. The Bertz CT molecular complexity index is 843. The number of rotatable bonds is 4. The molecule has 2 aromatic rings. The molecular weight excluding hydrogens is 336 g/mol. The number of amides is 1. The molecule has 0 saturated carbocycles. The van der Waals surface area contributed by atoms with Crippen LogP contribution in [0.2, 0.25) is 5.02 Å². The van der Waals surface area contributed by atoms with E-state index in [0.29, 0.717) is 10.7 Å². The SMILES string of the molecule is Cc1cc(C)cc(NC(=O)c2cc(Cl)ccc2NS(C)(=O)=O)c1. The van der Waals surface area contributed by atoms with E-state index in [1.54, 1.807) is 0 Å². The first-order valence-corrected chi connectivity index (χ1v) is 9.08. The van der Waals surface area contributed by atoms with Crippen LogP contribution in [0, 0.1) is 13.8 Å². The minimum absolute atomic E-state index is 0.155. The Morgan fingerprint density at radius 3 is 2.22 bits per heavy atom.